The lowest BCUT2D eigenvalue weighted by Crippen LogP contribution is -2.24. The predicted octanol–water partition coefficient (Wildman–Crippen LogP) is 2.09. The highest BCUT2D eigenvalue weighted by atomic mass is 19.4. The minimum absolute atomic E-state index is 0.0183. The Morgan fingerprint density at radius 1 is 1.45 bits per heavy atom. The molecule has 2 N–H and O–H groups in total. The van der Waals surface area contributed by atoms with Gasteiger partial charge in [0.1, 0.15) is 0 Å². The van der Waals surface area contributed by atoms with Crippen molar-refractivity contribution >= 4 is 0 Å². The Kier molecular flexibility index (Phi) is 4.18. The van der Waals surface area contributed by atoms with E-state index in [0.29, 0.717) is 0 Å². The van der Waals surface area contributed by atoms with Crippen LogP contribution in [0.2, 0.25) is 0 Å². The molecule has 0 aliphatic heterocycles. The molecule has 0 aliphatic carbocycles. The second-order valence-electron chi connectivity index (χ2n) is 2.34. The van der Waals surface area contributed by atoms with E-state index in [1.807, 2.05) is 0 Å². The predicted molar refractivity (Wildman–Crippen MR) is 38.0 cm³/mol. The van der Waals surface area contributed by atoms with Gasteiger partial charge in [-0.1, -0.05) is 6.08 Å². The van der Waals surface area contributed by atoms with E-state index >= 15 is 0 Å². The highest BCUT2D eigenvalue weighted by molar-refractivity contribution is 4.77. The highest BCUT2D eigenvalue weighted by Gasteiger charge is 2.37. The van der Waals surface area contributed by atoms with Crippen LogP contribution in [-0.2, 0) is 0 Å². The van der Waals surface area contributed by atoms with Crippen LogP contribution < -0.4 is 5.73 Å². The van der Waals surface area contributed by atoms with Gasteiger partial charge in [0.25, 0.3) is 0 Å². The number of alkyl halides is 3. The summed E-state index contributed by atoms with van der Waals surface area (Å²) < 4.78 is 36.0. The van der Waals surface area contributed by atoms with Gasteiger partial charge in [-0.2, -0.15) is 13.2 Å². The summed E-state index contributed by atoms with van der Waals surface area (Å²) in [6.07, 6.45) is -2.92. The molecule has 11 heavy (non-hydrogen) atoms. The lowest BCUT2D eigenvalue weighted by molar-refractivity contribution is -0.174. The van der Waals surface area contributed by atoms with Gasteiger partial charge in [0.05, 0.1) is 5.92 Å². The SMILES string of the molecule is C=CCC(CCN)C(F)(F)F. The van der Waals surface area contributed by atoms with Gasteiger partial charge in [-0.25, -0.2) is 0 Å². The fourth-order valence-electron chi connectivity index (χ4n) is 0.818. The van der Waals surface area contributed by atoms with Crippen LogP contribution in [0.25, 0.3) is 0 Å². The van der Waals surface area contributed by atoms with Crippen molar-refractivity contribution in [3.63, 3.8) is 0 Å². The highest BCUT2D eigenvalue weighted by Crippen LogP contribution is 2.30. The zero-order valence-electron chi connectivity index (χ0n) is 6.19. The minimum atomic E-state index is -4.13. The van der Waals surface area contributed by atoms with Crippen LogP contribution in [0.3, 0.4) is 0 Å². The van der Waals surface area contributed by atoms with Crippen molar-refractivity contribution < 1.29 is 13.2 Å². The van der Waals surface area contributed by atoms with Gasteiger partial charge in [-0.3, -0.25) is 0 Å². The van der Waals surface area contributed by atoms with Crippen LogP contribution in [-0.4, -0.2) is 12.7 Å². The van der Waals surface area contributed by atoms with Gasteiger partial charge in [0, 0.05) is 0 Å². The monoisotopic (exact) mass is 167 g/mol. The number of hydrogen-bond acceptors (Lipinski definition) is 1. The molecule has 0 saturated carbocycles. The van der Waals surface area contributed by atoms with E-state index < -0.39 is 12.1 Å². The first-order valence-electron chi connectivity index (χ1n) is 3.40. The Morgan fingerprint density at radius 3 is 2.27 bits per heavy atom. The molecule has 0 aromatic rings. The molecule has 0 rings (SSSR count). The normalized spacial score (nSPS) is 14.5. The maximum Gasteiger partial charge on any atom is 0.392 e. The van der Waals surface area contributed by atoms with Crippen LogP contribution in [0.1, 0.15) is 12.8 Å². The van der Waals surface area contributed by atoms with Gasteiger partial charge in [0.15, 0.2) is 0 Å². The minimum Gasteiger partial charge on any atom is -0.330 e. The van der Waals surface area contributed by atoms with Gasteiger partial charge >= 0.3 is 6.18 Å². The molecule has 1 nitrogen and oxygen atoms in total. The van der Waals surface area contributed by atoms with E-state index in [1.54, 1.807) is 0 Å². The third-order valence-electron chi connectivity index (χ3n) is 1.43. The third kappa shape index (κ3) is 4.03. The van der Waals surface area contributed by atoms with E-state index in [-0.39, 0.29) is 19.4 Å². The zero-order chi connectivity index (χ0) is 8.91. The van der Waals surface area contributed by atoms with Crippen molar-refractivity contribution in [2.24, 2.45) is 11.7 Å². The molecule has 0 amide bonds. The van der Waals surface area contributed by atoms with Crippen molar-refractivity contribution in [2.75, 3.05) is 6.54 Å². The molecule has 4 heteroatoms. The Morgan fingerprint density at radius 2 is 2.00 bits per heavy atom. The van der Waals surface area contributed by atoms with E-state index in [0.717, 1.165) is 0 Å². The topological polar surface area (TPSA) is 26.0 Å². The Hall–Kier alpha value is -0.510. The molecule has 1 atom stereocenters. The second-order valence-corrected chi connectivity index (χ2v) is 2.34. The van der Waals surface area contributed by atoms with Crippen molar-refractivity contribution in [3.05, 3.63) is 12.7 Å². The second kappa shape index (κ2) is 4.38. The Bertz CT molecular complexity index is 119. The molecule has 0 aliphatic rings. The van der Waals surface area contributed by atoms with E-state index in [1.165, 1.54) is 6.08 Å². The van der Waals surface area contributed by atoms with Crippen LogP contribution in [0.5, 0.6) is 0 Å². The van der Waals surface area contributed by atoms with Crippen molar-refractivity contribution in [1.82, 2.24) is 0 Å². The molecule has 0 aromatic carbocycles. The summed E-state index contributed by atoms with van der Waals surface area (Å²) in [4.78, 5) is 0. The van der Waals surface area contributed by atoms with Crippen LogP contribution in [0, 0.1) is 5.92 Å². The summed E-state index contributed by atoms with van der Waals surface area (Å²) in [5.41, 5.74) is 5.02. The molecule has 0 saturated heterocycles. The molecule has 0 aromatic heterocycles. The standard InChI is InChI=1S/C7H12F3N/c1-2-3-6(4-5-11)7(8,9)10/h2,6H,1,3-5,11H2. The molecule has 1 unspecified atom stereocenters. The first-order valence-corrected chi connectivity index (χ1v) is 3.40. The summed E-state index contributed by atoms with van der Waals surface area (Å²) >= 11 is 0. The van der Waals surface area contributed by atoms with E-state index in [9.17, 15) is 13.2 Å². The smallest absolute Gasteiger partial charge is 0.330 e. The largest absolute Gasteiger partial charge is 0.392 e. The quantitative estimate of drug-likeness (QED) is 0.637. The van der Waals surface area contributed by atoms with E-state index in [4.69, 9.17) is 5.73 Å². The van der Waals surface area contributed by atoms with Crippen LogP contribution in [0.4, 0.5) is 13.2 Å². The summed E-state index contributed by atoms with van der Waals surface area (Å²) in [6.45, 7) is 3.32. The number of allylic oxidation sites excluding steroid dienone is 1. The van der Waals surface area contributed by atoms with Crippen LogP contribution in [0.15, 0.2) is 12.7 Å². The van der Waals surface area contributed by atoms with Crippen LogP contribution >= 0.6 is 0 Å². The fourth-order valence-corrected chi connectivity index (χ4v) is 0.818. The molecular weight excluding hydrogens is 155 g/mol. The van der Waals surface area contributed by atoms with Crippen molar-refractivity contribution in [1.29, 1.82) is 0 Å². The average Bonchev–Trinajstić information content (AvgIpc) is 1.85. The number of halogens is 3. The first-order chi connectivity index (χ1) is 5.02. The molecular formula is C7H12F3N. The molecule has 66 valence electrons. The zero-order valence-corrected chi connectivity index (χ0v) is 6.19. The maximum absolute atomic E-state index is 12.0. The van der Waals surface area contributed by atoms with Gasteiger partial charge < -0.3 is 5.73 Å². The van der Waals surface area contributed by atoms with Crippen molar-refractivity contribution in [2.45, 2.75) is 19.0 Å². The van der Waals surface area contributed by atoms with Gasteiger partial charge in [-0.05, 0) is 19.4 Å². The van der Waals surface area contributed by atoms with E-state index in [2.05, 4.69) is 6.58 Å². The maximum atomic E-state index is 12.0. The first kappa shape index (κ1) is 10.5. The number of hydrogen-bond donors (Lipinski definition) is 1. The summed E-state index contributed by atoms with van der Waals surface area (Å²) in [6, 6.07) is 0. The molecule has 0 heterocycles. The summed E-state index contributed by atoms with van der Waals surface area (Å²) in [5.74, 6) is -1.31. The van der Waals surface area contributed by atoms with Crippen molar-refractivity contribution in [3.8, 4) is 0 Å². The van der Waals surface area contributed by atoms with Gasteiger partial charge in [0.2, 0.25) is 0 Å². The molecule has 0 spiro atoms. The summed E-state index contributed by atoms with van der Waals surface area (Å²) in [7, 11) is 0. The lowest BCUT2D eigenvalue weighted by Gasteiger charge is -2.17. The number of nitrogens with two attached hydrogens (primary N) is 1. The molecule has 0 radical (unpaired) electrons. The lowest BCUT2D eigenvalue weighted by atomic mass is 10.0. The average molecular weight is 167 g/mol. The third-order valence-corrected chi connectivity index (χ3v) is 1.43. The van der Waals surface area contributed by atoms with Gasteiger partial charge in [-0.15, -0.1) is 6.58 Å². The summed E-state index contributed by atoms with van der Waals surface area (Å²) in [5, 5.41) is 0. The number of rotatable bonds is 4. The molecule has 0 bridgehead atoms. The Balaban J connectivity index is 3.97. The fraction of sp³-hybridized carbons (Fsp3) is 0.714. The Labute approximate surface area is 64.1 Å². The molecule has 0 fully saturated rings.